The summed E-state index contributed by atoms with van der Waals surface area (Å²) in [6, 6.07) is 13.1. The van der Waals surface area contributed by atoms with Crippen molar-refractivity contribution in [1.82, 2.24) is 44.5 Å². The smallest absolute Gasteiger partial charge is 0.252 e. The number of nitrogens with zero attached hydrogens (tertiary/aromatic N) is 8. The molecule has 1 aliphatic heterocycles. The third-order valence-corrected chi connectivity index (χ3v) is 7.28. The molecule has 12 heteroatoms. The fraction of sp³-hybridized carbons (Fsp3) is 0.346. The van der Waals surface area contributed by atoms with Crippen molar-refractivity contribution in [2.45, 2.75) is 12.5 Å². The molecule has 0 spiro atoms. The van der Waals surface area contributed by atoms with Crippen molar-refractivity contribution in [3.8, 4) is 11.6 Å². The number of carbonyl (C=O) groups excluding carboxylic acids is 1. The molecule has 38 heavy (non-hydrogen) atoms. The molecule has 1 saturated heterocycles. The van der Waals surface area contributed by atoms with E-state index < -0.39 is 5.54 Å². The van der Waals surface area contributed by atoms with Crippen LogP contribution in [0.2, 0.25) is 0 Å². The van der Waals surface area contributed by atoms with E-state index in [0.29, 0.717) is 34.8 Å². The van der Waals surface area contributed by atoms with Gasteiger partial charge in [-0.25, -0.2) is 9.67 Å². The lowest BCUT2D eigenvalue weighted by molar-refractivity contribution is -0.127. The zero-order valence-corrected chi connectivity index (χ0v) is 21.4. The second-order valence-electron chi connectivity index (χ2n) is 9.75. The highest BCUT2D eigenvalue weighted by molar-refractivity contribution is 5.94. The number of nitrogen functional groups attached to an aromatic ring is 1. The Kier molecular flexibility index (Phi) is 6.04. The van der Waals surface area contributed by atoms with Crippen LogP contribution in [0.1, 0.15) is 12.5 Å². The number of piperazine rings is 1. The number of carbonyl (C=O) groups is 1. The Morgan fingerprint density at radius 2 is 1.87 bits per heavy atom. The van der Waals surface area contributed by atoms with Crippen LogP contribution in [0.4, 0.5) is 5.95 Å². The number of amides is 1. The molecule has 1 aromatic carbocycles. The van der Waals surface area contributed by atoms with Gasteiger partial charge in [-0.05, 0) is 31.7 Å². The standard InChI is InChI=1S/C26H30N10O2/c1-26(18-7-4-3-5-8-18,24(37)28-10-11-34-14-12-33(2)13-15-34)36-23-19(17-29-36)22-30-21(20-9-6-16-38-20)32-35(22)25(27)31-23/h3-9,16-17H,10-15H2,1-2H3,(H2,27,31)(H,28,37). The predicted molar refractivity (Wildman–Crippen MR) is 142 cm³/mol. The first-order valence-corrected chi connectivity index (χ1v) is 12.6. The molecule has 0 saturated carbocycles. The first-order chi connectivity index (χ1) is 18.4. The van der Waals surface area contributed by atoms with Crippen molar-refractivity contribution in [3.05, 3.63) is 60.5 Å². The normalized spacial score (nSPS) is 16.7. The molecule has 6 rings (SSSR count). The van der Waals surface area contributed by atoms with E-state index in [1.54, 1.807) is 29.3 Å². The van der Waals surface area contributed by atoms with E-state index >= 15 is 0 Å². The fourth-order valence-electron chi connectivity index (χ4n) is 4.93. The van der Waals surface area contributed by atoms with Crippen LogP contribution in [0.25, 0.3) is 28.3 Å². The van der Waals surface area contributed by atoms with Gasteiger partial charge in [0.15, 0.2) is 22.6 Å². The largest absolute Gasteiger partial charge is 0.461 e. The summed E-state index contributed by atoms with van der Waals surface area (Å²) in [5, 5.41) is 12.9. The molecule has 5 heterocycles. The van der Waals surface area contributed by atoms with E-state index in [2.05, 4.69) is 42.3 Å². The molecule has 3 N–H and O–H groups in total. The maximum absolute atomic E-state index is 13.9. The number of furan rings is 1. The third-order valence-electron chi connectivity index (χ3n) is 7.28. The van der Waals surface area contributed by atoms with Gasteiger partial charge < -0.3 is 20.4 Å². The summed E-state index contributed by atoms with van der Waals surface area (Å²) in [6.07, 6.45) is 3.21. The maximum Gasteiger partial charge on any atom is 0.252 e. The highest BCUT2D eigenvalue weighted by atomic mass is 16.3. The fourth-order valence-corrected chi connectivity index (χ4v) is 4.93. The van der Waals surface area contributed by atoms with Crippen LogP contribution in [0.15, 0.2) is 59.3 Å². The lowest BCUT2D eigenvalue weighted by atomic mass is 9.91. The molecular formula is C26H30N10O2. The van der Waals surface area contributed by atoms with Crippen molar-refractivity contribution in [1.29, 1.82) is 0 Å². The molecule has 1 fully saturated rings. The van der Waals surface area contributed by atoms with Gasteiger partial charge in [-0.15, -0.1) is 5.10 Å². The minimum absolute atomic E-state index is 0.130. The topological polar surface area (TPSA) is 136 Å². The van der Waals surface area contributed by atoms with Gasteiger partial charge >= 0.3 is 0 Å². The quantitative estimate of drug-likeness (QED) is 0.331. The molecule has 12 nitrogen and oxygen atoms in total. The van der Waals surface area contributed by atoms with Gasteiger partial charge in [0.05, 0.1) is 17.8 Å². The summed E-state index contributed by atoms with van der Waals surface area (Å²) < 4.78 is 8.54. The second-order valence-corrected chi connectivity index (χ2v) is 9.75. The van der Waals surface area contributed by atoms with Crippen molar-refractivity contribution < 1.29 is 9.21 Å². The summed E-state index contributed by atoms with van der Waals surface area (Å²) in [7, 11) is 2.13. The van der Waals surface area contributed by atoms with Crippen molar-refractivity contribution in [2.75, 3.05) is 52.0 Å². The van der Waals surface area contributed by atoms with Crippen molar-refractivity contribution in [3.63, 3.8) is 0 Å². The Hall–Kier alpha value is -4.29. The molecule has 0 aliphatic carbocycles. The van der Waals surface area contributed by atoms with Crippen molar-refractivity contribution in [2.24, 2.45) is 0 Å². The SMILES string of the molecule is CN1CCN(CCNC(=O)C(C)(c2ccccc2)n2ncc3c2nc(N)n2nc(-c4ccco4)nc32)CC1. The third kappa shape index (κ3) is 4.07. The highest BCUT2D eigenvalue weighted by Gasteiger charge is 2.40. The number of likely N-dealkylation sites (N-methyl/N-ethyl adjacent to an activating group) is 1. The van der Waals surface area contributed by atoms with Gasteiger partial charge in [0.1, 0.15) is 0 Å². The van der Waals surface area contributed by atoms with E-state index in [9.17, 15) is 4.79 Å². The van der Waals surface area contributed by atoms with Crippen LogP contribution in [-0.2, 0) is 10.3 Å². The first-order valence-electron chi connectivity index (χ1n) is 12.6. The zero-order valence-electron chi connectivity index (χ0n) is 21.4. The predicted octanol–water partition coefficient (Wildman–Crippen LogP) is 1.44. The summed E-state index contributed by atoms with van der Waals surface area (Å²) in [6.45, 7) is 7.20. The minimum atomic E-state index is -1.19. The van der Waals surface area contributed by atoms with E-state index in [1.807, 2.05) is 37.3 Å². The molecular weight excluding hydrogens is 484 g/mol. The average molecular weight is 515 g/mol. The Morgan fingerprint density at radius 3 is 2.61 bits per heavy atom. The molecule has 0 radical (unpaired) electrons. The average Bonchev–Trinajstić information content (AvgIpc) is 3.69. The zero-order chi connectivity index (χ0) is 26.3. The molecule has 1 atom stereocenters. The van der Waals surface area contributed by atoms with Crippen LogP contribution in [0, 0.1) is 0 Å². The lowest BCUT2D eigenvalue weighted by Crippen LogP contribution is -2.51. The number of nitrogens with one attached hydrogen (secondary N) is 1. The number of benzene rings is 1. The van der Waals surface area contributed by atoms with Gasteiger partial charge in [-0.3, -0.25) is 9.69 Å². The second kappa shape index (κ2) is 9.54. The lowest BCUT2D eigenvalue weighted by Gasteiger charge is -2.33. The Morgan fingerprint density at radius 1 is 1.08 bits per heavy atom. The number of anilines is 1. The molecule has 196 valence electrons. The highest BCUT2D eigenvalue weighted by Crippen LogP contribution is 2.31. The van der Waals surface area contributed by atoms with Gasteiger partial charge in [-0.2, -0.15) is 14.6 Å². The maximum atomic E-state index is 13.9. The summed E-state index contributed by atoms with van der Waals surface area (Å²) in [5.74, 6) is 0.852. The number of nitrogens with two attached hydrogens (primary N) is 1. The molecule has 1 amide bonds. The molecule has 0 bridgehead atoms. The molecule has 4 aromatic heterocycles. The number of hydrogen-bond acceptors (Lipinski definition) is 9. The van der Waals surface area contributed by atoms with Crippen LogP contribution < -0.4 is 11.1 Å². The van der Waals surface area contributed by atoms with Crippen LogP contribution in [-0.4, -0.2) is 91.4 Å². The van der Waals surface area contributed by atoms with Gasteiger partial charge in [0, 0.05) is 39.3 Å². The summed E-state index contributed by atoms with van der Waals surface area (Å²) in [5.41, 5.74) is 6.83. The van der Waals surface area contributed by atoms with E-state index in [0.717, 1.165) is 38.3 Å². The van der Waals surface area contributed by atoms with Gasteiger partial charge in [0.25, 0.3) is 5.91 Å². The Bertz CT molecular complexity index is 1570. The monoisotopic (exact) mass is 514 g/mol. The Labute approximate surface area is 219 Å². The number of hydrogen-bond donors (Lipinski definition) is 2. The minimum Gasteiger partial charge on any atom is -0.461 e. The summed E-state index contributed by atoms with van der Waals surface area (Å²) in [4.78, 5) is 27.8. The molecule has 5 aromatic rings. The number of aromatic nitrogens is 6. The number of fused-ring (bicyclic) bond motifs is 3. The summed E-state index contributed by atoms with van der Waals surface area (Å²) >= 11 is 0. The Balaban J connectivity index is 1.37. The molecule has 1 unspecified atom stereocenters. The number of rotatable bonds is 7. The van der Waals surface area contributed by atoms with Crippen molar-refractivity contribution >= 4 is 28.5 Å². The van der Waals surface area contributed by atoms with Crippen LogP contribution in [0.3, 0.4) is 0 Å². The van der Waals surface area contributed by atoms with Gasteiger partial charge in [0.2, 0.25) is 11.8 Å². The molecule has 1 aliphatic rings. The van der Waals surface area contributed by atoms with E-state index in [1.165, 1.54) is 4.52 Å². The van der Waals surface area contributed by atoms with E-state index in [-0.39, 0.29) is 11.9 Å². The first kappa shape index (κ1) is 24.1. The van der Waals surface area contributed by atoms with Gasteiger partial charge in [-0.1, -0.05) is 30.3 Å². The van der Waals surface area contributed by atoms with E-state index in [4.69, 9.17) is 10.2 Å². The van der Waals surface area contributed by atoms with Crippen LogP contribution >= 0.6 is 0 Å². The van der Waals surface area contributed by atoms with Crippen LogP contribution in [0.5, 0.6) is 0 Å².